The molecule has 2 heterocycles. The van der Waals surface area contributed by atoms with Crippen molar-refractivity contribution >= 4 is 35.0 Å². The molecule has 0 atom stereocenters. The summed E-state index contributed by atoms with van der Waals surface area (Å²) in [5.41, 5.74) is 3.59. The summed E-state index contributed by atoms with van der Waals surface area (Å²) in [4.78, 5) is 15.0. The Hall–Kier alpha value is -1.61. The Balaban J connectivity index is 0.000000774. The van der Waals surface area contributed by atoms with E-state index in [2.05, 4.69) is 23.7 Å². The number of rotatable bonds is 1. The number of hydrogen-bond donors (Lipinski definition) is 0. The Bertz CT molecular complexity index is 616. The molecular weight excluding hydrogens is 284 g/mol. The number of carbonyl (C=O) groups is 1. The first kappa shape index (κ1) is 15.8. The van der Waals surface area contributed by atoms with Crippen LogP contribution in [0.3, 0.4) is 0 Å². The minimum atomic E-state index is 0.784. The SMILES string of the molecule is C=O.Cc1cnc2ccc(Cl)cc2c1N1CCC(C)CC1. The van der Waals surface area contributed by atoms with Gasteiger partial charge in [-0.1, -0.05) is 18.5 Å². The molecule has 0 unspecified atom stereocenters. The lowest BCUT2D eigenvalue weighted by Crippen LogP contribution is -2.33. The number of benzene rings is 1. The molecule has 0 spiro atoms. The van der Waals surface area contributed by atoms with Crippen molar-refractivity contribution in [3.63, 3.8) is 0 Å². The van der Waals surface area contributed by atoms with Gasteiger partial charge in [0.05, 0.1) is 11.2 Å². The average molecular weight is 305 g/mol. The van der Waals surface area contributed by atoms with Gasteiger partial charge in [0, 0.05) is 29.7 Å². The van der Waals surface area contributed by atoms with Crippen LogP contribution in [-0.4, -0.2) is 24.9 Å². The van der Waals surface area contributed by atoms with Crippen LogP contribution < -0.4 is 4.90 Å². The van der Waals surface area contributed by atoms with Crippen LogP contribution in [0.2, 0.25) is 5.02 Å². The van der Waals surface area contributed by atoms with E-state index < -0.39 is 0 Å². The third-order valence-electron chi connectivity index (χ3n) is 4.08. The van der Waals surface area contributed by atoms with Crippen LogP contribution in [0.1, 0.15) is 25.3 Å². The molecule has 21 heavy (non-hydrogen) atoms. The number of pyridine rings is 1. The first-order valence-corrected chi connectivity index (χ1v) is 7.61. The molecule has 2 aromatic rings. The summed E-state index contributed by atoms with van der Waals surface area (Å²) in [6.07, 6.45) is 4.51. The molecule has 1 fully saturated rings. The molecule has 1 saturated heterocycles. The monoisotopic (exact) mass is 304 g/mol. The second kappa shape index (κ2) is 6.90. The topological polar surface area (TPSA) is 33.2 Å². The van der Waals surface area contributed by atoms with Gasteiger partial charge in [-0.3, -0.25) is 4.98 Å². The zero-order chi connectivity index (χ0) is 15.4. The highest BCUT2D eigenvalue weighted by Crippen LogP contribution is 2.33. The third kappa shape index (κ3) is 3.35. The van der Waals surface area contributed by atoms with Gasteiger partial charge in [0.2, 0.25) is 0 Å². The molecule has 3 rings (SSSR count). The van der Waals surface area contributed by atoms with Crippen LogP contribution in [0.15, 0.2) is 24.4 Å². The van der Waals surface area contributed by atoms with E-state index in [-0.39, 0.29) is 0 Å². The molecule has 1 aliphatic heterocycles. The van der Waals surface area contributed by atoms with Gasteiger partial charge in [0.1, 0.15) is 6.79 Å². The highest BCUT2D eigenvalue weighted by atomic mass is 35.5. The molecule has 0 saturated carbocycles. The number of hydrogen-bond acceptors (Lipinski definition) is 3. The number of carbonyl (C=O) groups excluding carboxylic acids is 1. The quantitative estimate of drug-likeness (QED) is 0.789. The molecule has 0 amide bonds. The molecular formula is C17H21ClN2O. The standard InChI is InChI=1S/C16H19ClN2.CH2O/c1-11-5-7-19(8-6-11)16-12(2)10-18-15-4-3-13(17)9-14(15)16;1-2/h3-4,9-11H,5-8H2,1-2H3;1H2. The number of nitrogens with zero attached hydrogens (tertiary/aromatic N) is 2. The molecule has 1 aromatic heterocycles. The van der Waals surface area contributed by atoms with Gasteiger partial charge in [0.25, 0.3) is 0 Å². The van der Waals surface area contributed by atoms with Crippen molar-refractivity contribution in [3.8, 4) is 0 Å². The number of aromatic nitrogens is 1. The van der Waals surface area contributed by atoms with E-state index in [0.717, 1.165) is 29.5 Å². The smallest absolute Gasteiger partial charge is 0.106 e. The molecule has 1 aromatic carbocycles. The fourth-order valence-electron chi connectivity index (χ4n) is 2.90. The Morgan fingerprint density at radius 3 is 2.62 bits per heavy atom. The Labute approximate surface area is 130 Å². The second-order valence-electron chi connectivity index (χ2n) is 5.62. The van der Waals surface area contributed by atoms with Crippen molar-refractivity contribution in [2.24, 2.45) is 5.92 Å². The van der Waals surface area contributed by atoms with Gasteiger partial charge >= 0.3 is 0 Å². The maximum atomic E-state index is 8.00. The lowest BCUT2D eigenvalue weighted by molar-refractivity contribution is -0.0979. The lowest BCUT2D eigenvalue weighted by atomic mass is 9.97. The summed E-state index contributed by atoms with van der Waals surface area (Å²) in [5, 5.41) is 1.97. The van der Waals surface area contributed by atoms with E-state index in [0.29, 0.717) is 0 Å². The number of halogens is 1. The average Bonchev–Trinajstić information content (AvgIpc) is 2.50. The van der Waals surface area contributed by atoms with Crippen molar-refractivity contribution in [2.45, 2.75) is 26.7 Å². The van der Waals surface area contributed by atoms with Crippen molar-refractivity contribution < 1.29 is 4.79 Å². The van der Waals surface area contributed by atoms with Crippen LogP contribution in [0.4, 0.5) is 5.69 Å². The van der Waals surface area contributed by atoms with E-state index in [9.17, 15) is 0 Å². The van der Waals surface area contributed by atoms with E-state index in [1.54, 1.807) is 0 Å². The maximum Gasteiger partial charge on any atom is 0.106 e. The Kier molecular flexibility index (Phi) is 5.18. The summed E-state index contributed by atoms with van der Waals surface area (Å²) in [6, 6.07) is 5.96. The number of fused-ring (bicyclic) bond motifs is 1. The first-order chi connectivity index (χ1) is 10.1. The van der Waals surface area contributed by atoms with Crippen molar-refractivity contribution in [1.82, 2.24) is 4.98 Å². The largest absolute Gasteiger partial charge is 0.371 e. The van der Waals surface area contributed by atoms with Crippen molar-refractivity contribution in [2.75, 3.05) is 18.0 Å². The zero-order valence-electron chi connectivity index (χ0n) is 12.6. The predicted octanol–water partition coefficient (Wildman–Crippen LogP) is 4.25. The predicted molar refractivity (Wildman–Crippen MR) is 89.2 cm³/mol. The fraction of sp³-hybridized carbons (Fsp3) is 0.412. The van der Waals surface area contributed by atoms with Crippen molar-refractivity contribution in [1.29, 1.82) is 0 Å². The van der Waals surface area contributed by atoms with E-state index in [1.165, 1.54) is 29.5 Å². The summed E-state index contributed by atoms with van der Waals surface area (Å²) in [6.45, 7) is 8.74. The molecule has 0 radical (unpaired) electrons. The normalized spacial score (nSPS) is 15.7. The minimum Gasteiger partial charge on any atom is -0.371 e. The highest BCUT2D eigenvalue weighted by Gasteiger charge is 2.19. The van der Waals surface area contributed by atoms with Crippen LogP contribution in [0.5, 0.6) is 0 Å². The van der Waals surface area contributed by atoms with Crippen LogP contribution in [-0.2, 0) is 4.79 Å². The summed E-state index contributed by atoms with van der Waals surface area (Å²) in [7, 11) is 0. The highest BCUT2D eigenvalue weighted by molar-refractivity contribution is 6.31. The number of aryl methyl sites for hydroxylation is 1. The van der Waals surface area contributed by atoms with Crippen LogP contribution in [0.25, 0.3) is 10.9 Å². The van der Waals surface area contributed by atoms with Gasteiger partial charge < -0.3 is 9.69 Å². The first-order valence-electron chi connectivity index (χ1n) is 7.24. The van der Waals surface area contributed by atoms with Crippen molar-refractivity contribution in [3.05, 3.63) is 35.0 Å². The van der Waals surface area contributed by atoms with E-state index in [1.807, 2.05) is 31.2 Å². The van der Waals surface area contributed by atoms with Gasteiger partial charge in [-0.2, -0.15) is 0 Å². The maximum absolute atomic E-state index is 8.00. The minimum absolute atomic E-state index is 0.784. The summed E-state index contributed by atoms with van der Waals surface area (Å²) in [5.74, 6) is 0.841. The zero-order valence-corrected chi connectivity index (χ0v) is 13.4. The molecule has 0 N–H and O–H groups in total. The van der Waals surface area contributed by atoms with Gasteiger partial charge in [-0.25, -0.2) is 0 Å². The van der Waals surface area contributed by atoms with Crippen LogP contribution in [0, 0.1) is 12.8 Å². The molecule has 112 valence electrons. The summed E-state index contributed by atoms with van der Waals surface area (Å²) >= 11 is 6.16. The van der Waals surface area contributed by atoms with Crippen LogP contribution >= 0.6 is 11.6 Å². The van der Waals surface area contributed by atoms with E-state index in [4.69, 9.17) is 16.4 Å². The molecule has 0 bridgehead atoms. The molecule has 1 aliphatic rings. The number of anilines is 1. The van der Waals surface area contributed by atoms with Gasteiger partial charge in [-0.15, -0.1) is 0 Å². The Morgan fingerprint density at radius 2 is 1.95 bits per heavy atom. The fourth-order valence-corrected chi connectivity index (χ4v) is 3.07. The number of piperidine rings is 1. The van der Waals surface area contributed by atoms with Gasteiger partial charge in [-0.05, 0) is 49.4 Å². The summed E-state index contributed by atoms with van der Waals surface area (Å²) < 4.78 is 0. The molecule has 3 nitrogen and oxygen atoms in total. The Morgan fingerprint density at radius 1 is 1.29 bits per heavy atom. The third-order valence-corrected chi connectivity index (χ3v) is 4.32. The lowest BCUT2D eigenvalue weighted by Gasteiger charge is -2.33. The van der Waals surface area contributed by atoms with Gasteiger partial charge in [0.15, 0.2) is 0 Å². The van der Waals surface area contributed by atoms with E-state index >= 15 is 0 Å². The molecule has 4 heteroatoms. The second-order valence-corrected chi connectivity index (χ2v) is 6.06. The molecule has 0 aliphatic carbocycles.